The van der Waals surface area contributed by atoms with Gasteiger partial charge < -0.3 is 19.7 Å². The van der Waals surface area contributed by atoms with Crippen LogP contribution >= 0.6 is 0 Å². The molecule has 2 aliphatic rings. The van der Waals surface area contributed by atoms with E-state index in [0.29, 0.717) is 37.3 Å². The van der Waals surface area contributed by atoms with Crippen LogP contribution in [0.1, 0.15) is 24.2 Å². The van der Waals surface area contributed by atoms with Crippen molar-refractivity contribution in [2.75, 3.05) is 64.1 Å². The average molecular weight is 413 g/mol. The SMILES string of the molecule is CC(C)[C@H](CNC(=O)c1cc(N2CCOCC2)nc2ccccc12)N1CCOCC1. The molecule has 1 aromatic carbocycles. The first-order chi connectivity index (χ1) is 14.6. The minimum absolute atomic E-state index is 0.0398. The zero-order valence-corrected chi connectivity index (χ0v) is 18.0. The first kappa shape index (κ1) is 21.0. The van der Waals surface area contributed by atoms with Gasteiger partial charge in [-0.25, -0.2) is 4.98 Å². The Balaban J connectivity index is 1.55. The second-order valence-corrected chi connectivity index (χ2v) is 8.31. The molecule has 0 radical (unpaired) electrons. The van der Waals surface area contributed by atoms with Gasteiger partial charge in [-0.2, -0.15) is 0 Å². The molecule has 0 unspecified atom stereocenters. The van der Waals surface area contributed by atoms with Crippen molar-refractivity contribution in [2.24, 2.45) is 5.92 Å². The van der Waals surface area contributed by atoms with E-state index < -0.39 is 0 Å². The quantitative estimate of drug-likeness (QED) is 0.784. The third-order valence-corrected chi connectivity index (χ3v) is 6.04. The molecule has 1 atom stereocenters. The Labute approximate surface area is 178 Å². The fourth-order valence-corrected chi connectivity index (χ4v) is 4.29. The summed E-state index contributed by atoms with van der Waals surface area (Å²) in [5.41, 5.74) is 1.53. The maximum Gasteiger partial charge on any atom is 0.252 e. The number of hydrogen-bond donors (Lipinski definition) is 1. The van der Waals surface area contributed by atoms with E-state index >= 15 is 0 Å². The monoisotopic (exact) mass is 412 g/mol. The molecule has 1 aromatic heterocycles. The van der Waals surface area contributed by atoms with E-state index in [-0.39, 0.29) is 5.91 Å². The zero-order valence-electron chi connectivity index (χ0n) is 18.0. The van der Waals surface area contributed by atoms with E-state index in [1.807, 2.05) is 30.3 Å². The molecule has 0 saturated carbocycles. The smallest absolute Gasteiger partial charge is 0.252 e. The second kappa shape index (κ2) is 9.73. The fraction of sp³-hybridized carbons (Fsp3) is 0.565. The number of nitrogens with zero attached hydrogens (tertiary/aromatic N) is 3. The predicted molar refractivity (Wildman–Crippen MR) is 118 cm³/mol. The van der Waals surface area contributed by atoms with Crippen LogP contribution in [0.25, 0.3) is 10.9 Å². The highest BCUT2D eigenvalue weighted by Crippen LogP contribution is 2.24. The van der Waals surface area contributed by atoms with E-state index in [4.69, 9.17) is 14.5 Å². The summed E-state index contributed by atoms with van der Waals surface area (Å²) in [4.78, 5) is 22.7. The number of pyridine rings is 1. The summed E-state index contributed by atoms with van der Waals surface area (Å²) in [7, 11) is 0. The number of anilines is 1. The van der Waals surface area contributed by atoms with E-state index in [1.165, 1.54) is 0 Å². The minimum Gasteiger partial charge on any atom is -0.379 e. The average Bonchev–Trinajstić information content (AvgIpc) is 2.79. The van der Waals surface area contributed by atoms with Crippen LogP contribution < -0.4 is 10.2 Å². The molecule has 1 amide bonds. The van der Waals surface area contributed by atoms with Gasteiger partial charge in [0.1, 0.15) is 5.82 Å². The summed E-state index contributed by atoms with van der Waals surface area (Å²) in [6.07, 6.45) is 0. The lowest BCUT2D eigenvalue weighted by molar-refractivity contribution is 0.00673. The van der Waals surface area contributed by atoms with Crippen LogP contribution in [0.15, 0.2) is 30.3 Å². The molecule has 0 spiro atoms. The topological polar surface area (TPSA) is 66.9 Å². The molecule has 2 aliphatic heterocycles. The lowest BCUT2D eigenvalue weighted by atomic mass is 10.0. The molecule has 30 heavy (non-hydrogen) atoms. The highest BCUT2D eigenvalue weighted by molar-refractivity contribution is 6.07. The standard InChI is InChI=1S/C23H32N4O3/c1-17(2)21(26-7-11-29-12-8-26)16-24-23(28)19-15-22(27-9-13-30-14-10-27)25-20-6-4-3-5-18(19)20/h3-6,15,17,21H,7-14,16H2,1-2H3,(H,24,28)/t21-/m0/s1. The van der Waals surface area contributed by atoms with Crippen LogP contribution in [0.3, 0.4) is 0 Å². The number of carbonyl (C=O) groups is 1. The largest absolute Gasteiger partial charge is 0.379 e. The summed E-state index contributed by atoms with van der Waals surface area (Å²) >= 11 is 0. The van der Waals surface area contributed by atoms with E-state index in [0.717, 1.165) is 56.1 Å². The molecule has 3 heterocycles. The van der Waals surface area contributed by atoms with Crippen molar-refractivity contribution in [3.05, 3.63) is 35.9 Å². The number of para-hydroxylation sites is 1. The normalized spacial score (nSPS) is 19.2. The molecule has 2 aromatic rings. The van der Waals surface area contributed by atoms with Gasteiger partial charge in [-0.1, -0.05) is 32.0 Å². The summed E-state index contributed by atoms with van der Waals surface area (Å²) in [6, 6.07) is 10.1. The number of rotatable bonds is 6. The Kier molecular flexibility index (Phi) is 6.82. The number of aromatic nitrogens is 1. The summed E-state index contributed by atoms with van der Waals surface area (Å²) in [6.45, 7) is 11.4. The van der Waals surface area contributed by atoms with Crippen molar-refractivity contribution >= 4 is 22.6 Å². The Hall–Kier alpha value is -2.22. The highest BCUT2D eigenvalue weighted by atomic mass is 16.5. The van der Waals surface area contributed by atoms with Crippen molar-refractivity contribution in [2.45, 2.75) is 19.9 Å². The molecule has 2 saturated heterocycles. The van der Waals surface area contributed by atoms with Crippen LogP contribution in [0.2, 0.25) is 0 Å². The van der Waals surface area contributed by atoms with Crippen molar-refractivity contribution < 1.29 is 14.3 Å². The van der Waals surface area contributed by atoms with Crippen LogP contribution in [0.4, 0.5) is 5.82 Å². The van der Waals surface area contributed by atoms with Gasteiger partial charge in [-0.15, -0.1) is 0 Å². The number of hydrogen-bond acceptors (Lipinski definition) is 6. The van der Waals surface area contributed by atoms with Gasteiger partial charge in [0.2, 0.25) is 0 Å². The Bertz CT molecular complexity index is 861. The highest BCUT2D eigenvalue weighted by Gasteiger charge is 2.25. The molecule has 2 fully saturated rings. The number of carbonyl (C=O) groups excluding carboxylic acids is 1. The number of fused-ring (bicyclic) bond motifs is 1. The zero-order chi connectivity index (χ0) is 20.9. The van der Waals surface area contributed by atoms with E-state index in [9.17, 15) is 4.79 Å². The maximum atomic E-state index is 13.3. The molecule has 162 valence electrons. The van der Waals surface area contributed by atoms with Crippen molar-refractivity contribution in [1.82, 2.24) is 15.2 Å². The van der Waals surface area contributed by atoms with Gasteiger partial charge in [0.15, 0.2) is 0 Å². The number of morpholine rings is 2. The number of ether oxygens (including phenoxy) is 2. The van der Waals surface area contributed by atoms with Gasteiger partial charge in [-0.3, -0.25) is 9.69 Å². The van der Waals surface area contributed by atoms with Crippen LogP contribution in [0, 0.1) is 5.92 Å². The lowest BCUT2D eigenvalue weighted by Gasteiger charge is -2.37. The molecule has 7 heteroatoms. The number of benzene rings is 1. The van der Waals surface area contributed by atoms with Crippen LogP contribution in [0.5, 0.6) is 0 Å². The molecule has 1 N–H and O–H groups in total. The van der Waals surface area contributed by atoms with Crippen LogP contribution in [-0.2, 0) is 9.47 Å². The molecule has 7 nitrogen and oxygen atoms in total. The summed E-state index contributed by atoms with van der Waals surface area (Å²) in [5, 5.41) is 4.10. The molecular weight excluding hydrogens is 380 g/mol. The number of amides is 1. The predicted octanol–water partition coefficient (Wildman–Crippen LogP) is 2.16. The Morgan fingerprint density at radius 3 is 2.43 bits per heavy atom. The van der Waals surface area contributed by atoms with E-state index in [2.05, 4.69) is 29.0 Å². The maximum absolute atomic E-state index is 13.3. The van der Waals surface area contributed by atoms with Gasteiger partial charge in [-0.05, 0) is 18.1 Å². The van der Waals surface area contributed by atoms with Crippen molar-refractivity contribution in [1.29, 1.82) is 0 Å². The first-order valence-corrected chi connectivity index (χ1v) is 11.0. The lowest BCUT2D eigenvalue weighted by Crippen LogP contribution is -2.51. The van der Waals surface area contributed by atoms with E-state index in [1.54, 1.807) is 0 Å². The second-order valence-electron chi connectivity index (χ2n) is 8.31. The molecule has 0 aliphatic carbocycles. The summed E-state index contributed by atoms with van der Waals surface area (Å²) < 4.78 is 11.0. The number of nitrogens with one attached hydrogen (secondary N) is 1. The van der Waals surface area contributed by atoms with Gasteiger partial charge >= 0.3 is 0 Å². The third-order valence-electron chi connectivity index (χ3n) is 6.04. The minimum atomic E-state index is -0.0398. The summed E-state index contributed by atoms with van der Waals surface area (Å²) in [5.74, 6) is 1.25. The molecular formula is C23H32N4O3. The van der Waals surface area contributed by atoms with Gasteiger partial charge in [0.25, 0.3) is 5.91 Å². The van der Waals surface area contributed by atoms with Gasteiger partial charge in [0.05, 0.1) is 37.5 Å². The van der Waals surface area contributed by atoms with Gasteiger partial charge in [0, 0.05) is 44.2 Å². The Morgan fingerprint density at radius 2 is 1.73 bits per heavy atom. The molecule has 4 rings (SSSR count). The molecule has 0 bridgehead atoms. The third kappa shape index (κ3) is 4.74. The Morgan fingerprint density at radius 1 is 1.07 bits per heavy atom. The van der Waals surface area contributed by atoms with Crippen LogP contribution in [-0.4, -0.2) is 81.0 Å². The van der Waals surface area contributed by atoms with Crippen molar-refractivity contribution in [3.8, 4) is 0 Å². The fourth-order valence-electron chi connectivity index (χ4n) is 4.29. The van der Waals surface area contributed by atoms with Crippen molar-refractivity contribution in [3.63, 3.8) is 0 Å². The first-order valence-electron chi connectivity index (χ1n) is 11.0.